The Morgan fingerprint density at radius 2 is 1.74 bits per heavy atom. The molecule has 46 heavy (non-hydrogen) atoms. The first-order valence-corrected chi connectivity index (χ1v) is 15.8. The summed E-state index contributed by atoms with van der Waals surface area (Å²) in [7, 11) is 1.41. The second-order valence-corrected chi connectivity index (χ2v) is 12.8. The molecule has 1 aromatic carbocycles. The van der Waals surface area contributed by atoms with Gasteiger partial charge in [-0.1, -0.05) is 24.2 Å². The average molecular weight is 645 g/mol. The zero-order valence-electron chi connectivity index (χ0n) is 25.8. The molecule has 0 unspecified atom stereocenters. The summed E-state index contributed by atoms with van der Waals surface area (Å²) in [5.41, 5.74) is 8.43. The summed E-state index contributed by atoms with van der Waals surface area (Å²) in [4.78, 5) is 49.9. The zero-order chi connectivity index (χ0) is 32.4. The highest BCUT2D eigenvalue weighted by atomic mass is 35.5. The number of rotatable bonds is 7. The number of pyridine rings is 1. The molecule has 1 amide bonds. The maximum Gasteiger partial charge on any atom is 0.355 e. The molecule has 4 heterocycles. The largest absolute Gasteiger partial charge is 0.492 e. The van der Waals surface area contributed by atoms with E-state index in [4.69, 9.17) is 27.1 Å². The van der Waals surface area contributed by atoms with Gasteiger partial charge in [-0.3, -0.25) is 4.79 Å². The highest BCUT2D eigenvalue weighted by Gasteiger charge is 2.38. The van der Waals surface area contributed by atoms with Crippen molar-refractivity contribution >= 4 is 40.0 Å². The minimum absolute atomic E-state index is 0.0494. The number of benzene rings is 1. The summed E-state index contributed by atoms with van der Waals surface area (Å²) in [6, 6.07) is 5.54. The predicted octanol–water partition coefficient (Wildman–Crippen LogP) is 4.95. The highest BCUT2D eigenvalue weighted by molar-refractivity contribution is 6.34. The first-order valence-electron chi connectivity index (χ1n) is 15.4. The van der Waals surface area contributed by atoms with E-state index in [1.165, 1.54) is 23.8 Å². The smallest absolute Gasteiger partial charge is 0.355 e. The number of fused-ring (bicyclic) bond motifs is 1. The number of halogens is 2. The molecule has 7 rings (SSSR count). The lowest BCUT2D eigenvalue weighted by Crippen LogP contribution is -2.59. The third-order valence-electron chi connectivity index (χ3n) is 9.12. The second kappa shape index (κ2) is 11.3. The van der Waals surface area contributed by atoms with Gasteiger partial charge in [0.1, 0.15) is 18.0 Å². The van der Waals surface area contributed by atoms with Crippen LogP contribution in [0.25, 0.3) is 28.0 Å². The number of methoxy groups -OCH3 is 1. The lowest BCUT2D eigenvalue weighted by atomic mass is 10.1. The Morgan fingerprint density at radius 1 is 1.07 bits per heavy atom. The Morgan fingerprint density at radius 3 is 2.35 bits per heavy atom. The number of hydrogen-bond acceptors (Lipinski definition) is 9. The number of nitrogen functional groups attached to an aromatic ring is 1. The summed E-state index contributed by atoms with van der Waals surface area (Å²) >= 11 is 6.88. The van der Waals surface area contributed by atoms with Gasteiger partial charge in [-0.05, 0) is 57.7 Å². The van der Waals surface area contributed by atoms with Crippen LogP contribution >= 0.6 is 11.6 Å². The number of amides is 1. The second-order valence-electron chi connectivity index (χ2n) is 12.4. The van der Waals surface area contributed by atoms with Gasteiger partial charge in [-0.15, -0.1) is 0 Å². The van der Waals surface area contributed by atoms with Crippen molar-refractivity contribution in [1.29, 1.82) is 0 Å². The van der Waals surface area contributed by atoms with E-state index in [0.29, 0.717) is 30.0 Å². The number of anilines is 2. The van der Waals surface area contributed by atoms with Gasteiger partial charge in [0.2, 0.25) is 0 Å². The molecule has 238 valence electrons. The Hall–Kier alpha value is -4.58. The van der Waals surface area contributed by atoms with Crippen LogP contribution in [-0.4, -0.2) is 67.6 Å². The maximum absolute atomic E-state index is 15.3. The SMILES string of the molecule is C=C(OC)C(=O)N1C[C@H](C)N(c2nc(=O)n(-c3c(C4CC4)ncnc3C3CC3)c3nc(-c4c(N)cccc4F)c(Cl)cc23)C[C@H]1C. The van der Waals surface area contributed by atoms with Gasteiger partial charge in [0.25, 0.3) is 5.91 Å². The van der Waals surface area contributed by atoms with Crippen molar-refractivity contribution in [3.63, 3.8) is 0 Å². The van der Waals surface area contributed by atoms with Gasteiger partial charge in [0, 0.05) is 42.7 Å². The van der Waals surface area contributed by atoms with Gasteiger partial charge >= 0.3 is 5.69 Å². The number of carbonyl (C=O) groups excluding carboxylic acids is 1. The molecule has 2 atom stereocenters. The monoisotopic (exact) mass is 644 g/mol. The van der Waals surface area contributed by atoms with Crippen LogP contribution in [-0.2, 0) is 9.53 Å². The van der Waals surface area contributed by atoms with Crippen molar-refractivity contribution in [3.05, 3.63) is 75.6 Å². The number of nitrogens with two attached hydrogens (primary N) is 1. The average Bonchev–Trinajstić information content (AvgIpc) is 3.95. The number of aromatic nitrogens is 5. The number of nitrogens with zero attached hydrogens (tertiary/aromatic N) is 7. The molecule has 0 radical (unpaired) electrons. The molecule has 2 saturated carbocycles. The van der Waals surface area contributed by atoms with Gasteiger partial charge in [0.05, 0.1) is 45.9 Å². The van der Waals surface area contributed by atoms with E-state index >= 15 is 4.39 Å². The quantitative estimate of drug-likeness (QED) is 0.169. The van der Waals surface area contributed by atoms with E-state index < -0.39 is 11.5 Å². The van der Waals surface area contributed by atoms with Crippen molar-refractivity contribution in [2.45, 2.75) is 63.5 Å². The van der Waals surface area contributed by atoms with Crippen LogP contribution in [0.3, 0.4) is 0 Å². The fourth-order valence-corrected chi connectivity index (χ4v) is 6.64. The lowest BCUT2D eigenvalue weighted by Gasteiger charge is -2.44. The molecule has 2 aliphatic carbocycles. The number of ether oxygens (including phenoxy) is 1. The van der Waals surface area contributed by atoms with Crippen LogP contribution in [0.1, 0.15) is 62.8 Å². The molecule has 4 aromatic rings. The molecule has 0 bridgehead atoms. The van der Waals surface area contributed by atoms with Crippen molar-refractivity contribution in [2.75, 3.05) is 30.8 Å². The van der Waals surface area contributed by atoms with Crippen molar-refractivity contribution < 1.29 is 13.9 Å². The van der Waals surface area contributed by atoms with Crippen LogP contribution in [0.15, 0.2) is 47.7 Å². The van der Waals surface area contributed by atoms with Crippen molar-refractivity contribution in [2.24, 2.45) is 0 Å². The summed E-state index contributed by atoms with van der Waals surface area (Å²) in [6.45, 7) is 8.29. The maximum atomic E-state index is 15.3. The van der Waals surface area contributed by atoms with Crippen LogP contribution < -0.4 is 16.3 Å². The summed E-state index contributed by atoms with van der Waals surface area (Å²) in [5.74, 6) is -0.0703. The normalized spacial score (nSPS) is 19.8. The minimum atomic E-state index is -0.585. The van der Waals surface area contributed by atoms with Crippen LogP contribution in [0, 0.1) is 5.82 Å². The van der Waals surface area contributed by atoms with Crippen LogP contribution in [0.2, 0.25) is 5.02 Å². The Kier molecular flexibility index (Phi) is 7.42. The first kappa shape index (κ1) is 30.1. The molecule has 11 nitrogen and oxygen atoms in total. The molecule has 13 heteroatoms. The summed E-state index contributed by atoms with van der Waals surface area (Å²) in [6.07, 6.45) is 5.39. The lowest BCUT2D eigenvalue weighted by molar-refractivity contribution is -0.133. The number of piperazine rings is 1. The minimum Gasteiger partial charge on any atom is -0.492 e. The highest BCUT2D eigenvalue weighted by Crippen LogP contribution is 2.48. The molecule has 2 N–H and O–H groups in total. The third-order valence-corrected chi connectivity index (χ3v) is 9.41. The van der Waals surface area contributed by atoms with E-state index in [1.807, 2.05) is 18.7 Å². The van der Waals surface area contributed by atoms with Crippen molar-refractivity contribution in [1.82, 2.24) is 29.4 Å². The van der Waals surface area contributed by atoms with E-state index in [2.05, 4.69) is 21.5 Å². The van der Waals surface area contributed by atoms with Crippen molar-refractivity contribution in [3.8, 4) is 16.9 Å². The molecular weight excluding hydrogens is 611 g/mol. The first-order chi connectivity index (χ1) is 22.1. The van der Waals surface area contributed by atoms with E-state index in [1.54, 1.807) is 23.4 Å². The third kappa shape index (κ3) is 5.04. The summed E-state index contributed by atoms with van der Waals surface area (Å²) in [5, 5.41) is 0.647. The predicted molar refractivity (Wildman–Crippen MR) is 174 cm³/mol. The molecule has 1 saturated heterocycles. The van der Waals surface area contributed by atoms with Gasteiger partial charge in [-0.25, -0.2) is 28.7 Å². The topological polar surface area (TPSA) is 132 Å². The van der Waals surface area contributed by atoms with Gasteiger partial charge in [-0.2, -0.15) is 4.98 Å². The molecular formula is C33H34ClFN8O3. The zero-order valence-corrected chi connectivity index (χ0v) is 26.6. The fourth-order valence-electron chi connectivity index (χ4n) is 6.39. The number of carbonyl (C=O) groups is 1. The molecule has 3 fully saturated rings. The van der Waals surface area contributed by atoms with Crippen LogP contribution in [0.4, 0.5) is 15.9 Å². The number of hydrogen-bond donors (Lipinski definition) is 1. The Bertz CT molecular complexity index is 1920. The van der Waals surface area contributed by atoms with Crippen LogP contribution in [0.5, 0.6) is 0 Å². The summed E-state index contributed by atoms with van der Waals surface area (Å²) < 4.78 is 21.9. The van der Waals surface area contributed by atoms with E-state index in [9.17, 15) is 9.59 Å². The Balaban J connectivity index is 1.47. The standard InChI is InChI=1S/C33H34ClFN8O3/c1-16-14-42(32(44)18(3)46-4)17(2)13-41(16)30-21-12-22(34)28(25-23(35)6-5-7-24(25)36)39-31(21)43(33(45)40-30)29-26(19-8-9-19)37-15-38-27(29)20-10-11-20/h5-7,12,15-17,19-20H,3,8-11,13-14,36H2,1-2,4H3/t16-,17+/m0/s1. The van der Waals surface area contributed by atoms with Gasteiger partial charge < -0.3 is 20.3 Å². The molecule has 3 aromatic heterocycles. The Labute approximate surface area is 269 Å². The van der Waals surface area contributed by atoms with E-state index in [-0.39, 0.29) is 63.2 Å². The molecule has 3 aliphatic rings. The van der Waals surface area contributed by atoms with Gasteiger partial charge in [0.15, 0.2) is 11.4 Å². The molecule has 0 spiro atoms. The van der Waals surface area contributed by atoms with E-state index in [0.717, 1.165) is 37.1 Å². The molecule has 1 aliphatic heterocycles. The fraction of sp³-hybridized carbons (Fsp3) is 0.394.